The normalized spacial score (nSPS) is 21.2. The molecule has 5 heteroatoms. The zero-order valence-electron chi connectivity index (χ0n) is 14.4. The Balaban J connectivity index is 0.000000403. The number of hydrogen-bond acceptors (Lipinski definition) is 4. The number of carboxylic acids is 2. The molecule has 2 saturated carbocycles. The van der Waals surface area contributed by atoms with Gasteiger partial charge in [-0.25, -0.2) is 0 Å². The summed E-state index contributed by atoms with van der Waals surface area (Å²) in [7, 11) is 0. The summed E-state index contributed by atoms with van der Waals surface area (Å²) in [6.07, 6.45) is 15.0. The van der Waals surface area contributed by atoms with E-state index in [2.05, 4.69) is 0 Å². The van der Waals surface area contributed by atoms with Crippen LogP contribution in [0.5, 0.6) is 0 Å². The third-order valence-corrected chi connectivity index (χ3v) is 4.88. The van der Waals surface area contributed by atoms with Gasteiger partial charge in [0.25, 0.3) is 0 Å². The summed E-state index contributed by atoms with van der Waals surface area (Å²) in [4.78, 5) is 21.0. The molecule has 0 saturated heterocycles. The van der Waals surface area contributed by atoms with Crippen molar-refractivity contribution in [3.63, 3.8) is 0 Å². The number of carbonyl (C=O) groups excluding carboxylic acids is 2. The van der Waals surface area contributed by atoms with Gasteiger partial charge in [-0.05, 0) is 37.5 Å². The van der Waals surface area contributed by atoms with Gasteiger partial charge in [-0.1, -0.05) is 64.2 Å². The van der Waals surface area contributed by atoms with Crippen LogP contribution in [0, 0.1) is 11.8 Å². The second-order valence-corrected chi connectivity index (χ2v) is 6.72. The van der Waals surface area contributed by atoms with Crippen LogP contribution in [0.15, 0.2) is 0 Å². The molecular weight excluding hydrogens is 346 g/mol. The van der Waals surface area contributed by atoms with E-state index in [1.165, 1.54) is 38.5 Å². The summed E-state index contributed by atoms with van der Waals surface area (Å²) < 4.78 is 0. The van der Waals surface area contributed by atoms with E-state index in [9.17, 15) is 19.8 Å². The Hall–Kier alpha value is -0.437. The molecule has 0 amide bonds. The Morgan fingerprint density at radius 1 is 0.522 bits per heavy atom. The Morgan fingerprint density at radius 3 is 0.957 bits per heavy atom. The zero-order chi connectivity index (χ0) is 16.2. The molecule has 128 valence electrons. The minimum absolute atomic E-state index is 0. The monoisotopic (exact) mass is 374 g/mol. The molecule has 0 aromatic carbocycles. The summed E-state index contributed by atoms with van der Waals surface area (Å²) in [5.41, 5.74) is 0. The summed E-state index contributed by atoms with van der Waals surface area (Å²) >= 11 is 0. The third-order valence-electron chi connectivity index (χ3n) is 4.88. The molecule has 0 aromatic rings. The number of hydrogen-bond donors (Lipinski definition) is 0. The summed E-state index contributed by atoms with van der Waals surface area (Å²) in [5.74, 6) is -2.00. The fourth-order valence-corrected chi connectivity index (χ4v) is 3.38. The number of aliphatic carboxylic acids is 2. The first-order valence-corrected chi connectivity index (χ1v) is 9.03. The Bertz CT molecular complexity index is 285. The maximum Gasteiger partial charge on any atom is 2.00 e. The molecular formula is C18H30O4Zn. The fourth-order valence-electron chi connectivity index (χ4n) is 3.38. The van der Waals surface area contributed by atoms with Crippen molar-refractivity contribution in [2.24, 2.45) is 11.8 Å². The Labute approximate surface area is 153 Å². The molecule has 0 spiro atoms. The van der Waals surface area contributed by atoms with Gasteiger partial charge in [-0.15, -0.1) is 0 Å². The van der Waals surface area contributed by atoms with Crippen molar-refractivity contribution in [1.82, 2.24) is 0 Å². The standard InChI is InChI=1S/2C9H16O2.Zn/c2*10-9(11)8-6-4-2-1-3-5-7-8;/h2*8H,1-7H2,(H,10,11);/q;;+2/p-2. The van der Waals surface area contributed by atoms with Crippen molar-refractivity contribution in [2.75, 3.05) is 0 Å². The predicted octanol–water partition coefficient (Wildman–Crippen LogP) is 2.19. The summed E-state index contributed by atoms with van der Waals surface area (Å²) in [5, 5.41) is 21.0. The van der Waals surface area contributed by atoms with Gasteiger partial charge in [0.05, 0.1) is 0 Å². The van der Waals surface area contributed by atoms with Crippen LogP contribution in [0.3, 0.4) is 0 Å². The Kier molecular flexibility index (Phi) is 13.7. The molecule has 0 radical (unpaired) electrons. The molecule has 0 aromatic heterocycles. The van der Waals surface area contributed by atoms with Gasteiger partial charge in [-0.2, -0.15) is 0 Å². The second kappa shape index (κ2) is 14.0. The van der Waals surface area contributed by atoms with E-state index >= 15 is 0 Å². The molecule has 0 N–H and O–H groups in total. The van der Waals surface area contributed by atoms with E-state index in [-0.39, 0.29) is 31.3 Å². The minimum atomic E-state index is -0.841. The average molecular weight is 376 g/mol. The van der Waals surface area contributed by atoms with Crippen molar-refractivity contribution in [3.8, 4) is 0 Å². The number of carbonyl (C=O) groups is 2. The van der Waals surface area contributed by atoms with E-state index < -0.39 is 11.9 Å². The van der Waals surface area contributed by atoms with Crippen molar-refractivity contribution < 1.29 is 39.3 Å². The molecule has 0 heterocycles. The number of rotatable bonds is 2. The molecule has 0 bridgehead atoms. The van der Waals surface area contributed by atoms with Crippen molar-refractivity contribution >= 4 is 11.9 Å². The maximum absolute atomic E-state index is 10.5. The third kappa shape index (κ3) is 10.9. The molecule has 0 unspecified atom stereocenters. The molecule has 0 aliphatic heterocycles. The van der Waals surface area contributed by atoms with Gasteiger partial charge in [0, 0.05) is 11.9 Å². The van der Waals surface area contributed by atoms with E-state index in [4.69, 9.17) is 0 Å². The molecule has 4 nitrogen and oxygen atoms in total. The van der Waals surface area contributed by atoms with Gasteiger partial charge in [0.2, 0.25) is 0 Å². The first-order valence-electron chi connectivity index (χ1n) is 9.03. The van der Waals surface area contributed by atoms with E-state index in [1.807, 2.05) is 0 Å². The van der Waals surface area contributed by atoms with Crippen molar-refractivity contribution in [3.05, 3.63) is 0 Å². The number of carboxylic acid groups (broad SMARTS) is 2. The van der Waals surface area contributed by atoms with Gasteiger partial charge in [0.15, 0.2) is 0 Å². The van der Waals surface area contributed by atoms with E-state index in [1.54, 1.807) is 0 Å². The minimum Gasteiger partial charge on any atom is -0.550 e. The van der Waals surface area contributed by atoms with Crippen LogP contribution in [0.4, 0.5) is 0 Å². The van der Waals surface area contributed by atoms with Gasteiger partial charge in [-0.3, -0.25) is 0 Å². The van der Waals surface area contributed by atoms with Crippen LogP contribution in [0.25, 0.3) is 0 Å². The van der Waals surface area contributed by atoms with E-state index in [0.29, 0.717) is 0 Å². The smallest absolute Gasteiger partial charge is 0.550 e. The van der Waals surface area contributed by atoms with Crippen LogP contribution in [-0.2, 0) is 29.1 Å². The van der Waals surface area contributed by atoms with Gasteiger partial charge >= 0.3 is 19.5 Å². The van der Waals surface area contributed by atoms with Gasteiger partial charge < -0.3 is 19.8 Å². The molecule has 2 rings (SSSR count). The van der Waals surface area contributed by atoms with Crippen LogP contribution in [0.1, 0.15) is 89.9 Å². The largest absolute Gasteiger partial charge is 2.00 e. The predicted molar refractivity (Wildman–Crippen MR) is 81.6 cm³/mol. The fraction of sp³-hybridized carbons (Fsp3) is 0.889. The second-order valence-electron chi connectivity index (χ2n) is 6.72. The summed E-state index contributed by atoms with van der Waals surface area (Å²) in [6.45, 7) is 0. The zero-order valence-corrected chi connectivity index (χ0v) is 17.4. The Morgan fingerprint density at radius 2 is 0.739 bits per heavy atom. The van der Waals surface area contributed by atoms with Crippen LogP contribution in [-0.4, -0.2) is 11.9 Å². The molecule has 23 heavy (non-hydrogen) atoms. The van der Waals surface area contributed by atoms with Crippen molar-refractivity contribution in [1.29, 1.82) is 0 Å². The van der Waals surface area contributed by atoms with Gasteiger partial charge in [0.1, 0.15) is 0 Å². The SMILES string of the molecule is O=C([O-])C1CCCCCCC1.O=C([O-])C1CCCCCCC1.[Zn+2]. The summed E-state index contributed by atoms with van der Waals surface area (Å²) in [6, 6.07) is 0. The average Bonchev–Trinajstić information content (AvgIpc) is 2.37. The van der Waals surface area contributed by atoms with Crippen LogP contribution >= 0.6 is 0 Å². The molecule has 0 atom stereocenters. The first kappa shape index (κ1) is 22.6. The molecule has 2 fully saturated rings. The van der Waals surface area contributed by atoms with Crippen molar-refractivity contribution in [2.45, 2.75) is 89.9 Å². The van der Waals surface area contributed by atoms with Crippen LogP contribution < -0.4 is 10.2 Å². The molecule has 2 aliphatic carbocycles. The molecule has 2 aliphatic rings. The van der Waals surface area contributed by atoms with Crippen LogP contribution in [0.2, 0.25) is 0 Å². The topological polar surface area (TPSA) is 80.3 Å². The maximum atomic E-state index is 10.5. The quantitative estimate of drug-likeness (QED) is 0.693. The first-order chi connectivity index (χ1) is 10.6. The van der Waals surface area contributed by atoms with E-state index in [0.717, 1.165) is 51.4 Å².